The molecule has 0 aromatic carbocycles. The Bertz CT molecular complexity index is 827. The van der Waals surface area contributed by atoms with Crippen LogP contribution in [0.25, 0.3) is 0 Å². The molecule has 0 saturated carbocycles. The number of pyridine rings is 2. The zero-order chi connectivity index (χ0) is 19.2. The second-order valence-electron chi connectivity index (χ2n) is 6.16. The number of primary amides is 1. The minimum atomic E-state index is -0.610. The molecule has 0 radical (unpaired) electrons. The van der Waals surface area contributed by atoms with E-state index in [0.717, 1.165) is 12.8 Å². The molecule has 1 fully saturated rings. The van der Waals surface area contributed by atoms with E-state index >= 15 is 0 Å². The van der Waals surface area contributed by atoms with E-state index in [1.807, 2.05) is 6.92 Å². The van der Waals surface area contributed by atoms with Crippen molar-refractivity contribution < 1.29 is 19.1 Å². The van der Waals surface area contributed by atoms with Crippen LogP contribution in [0.1, 0.15) is 40.6 Å². The van der Waals surface area contributed by atoms with Gasteiger partial charge in [-0.05, 0) is 38.0 Å². The van der Waals surface area contributed by atoms with Gasteiger partial charge in [0, 0.05) is 25.0 Å². The third kappa shape index (κ3) is 4.52. The highest BCUT2D eigenvalue weighted by molar-refractivity contribution is 5.96. The third-order valence-corrected chi connectivity index (χ3v) is 4.23. The first-order chi connectivity index (χ1) is 13.1. The van der Waals surface area contributed by atoms with Crippen molar-refractivity contribution in [3.05, 3.63) is 47.9 Å². The van der Waals surface area contributed by atoms with E-state index in [2.05, 4.69) is 9.97 Å². The number of ether oxygens (including phenoxy) is 2. The van der Waals surface area contributed by atoms with E-state index in [0.29, 0.717) is 36.9 Å². The van der Waals surface area contributed by atoms with Gasteiger partial charge in [-0.3, -0.25) is 14.6 Å². The molecule has 1 aliphatic heterocycles. The van der Waals surface area contributed by atoms with E-state index in [4.69, 9.17) is 15.2 Å². The first-order valence-corrected chi connectivity index (χ1v) is 8.88. The predicted molar refractivity (Wildman–Crippen MR) is 97.7 cm³/mol. The number of nitrogens with two attached hydrogens (primary N) is 1. The average molecular weight is 370 g/mol. The Morgan fingerprint density at radius 2 is 2.15 bits per heavy atom. The molecule has 8 heteroatoms. The van der Waals surface area contributed by atoms with Crippen molar-refractivity contribution in [2.75, 3.05) is 19.7 Å². The Balaban J connectivity index is 1.70. The zero-order valence-corrected chi connectivity index (χ0v) is 15.1. The van der Waals surface area contributed by atoms with Gasteiger partial charge in [0.1, 0.15) is 23.1 Å². The minimum absolute atomic E-state index is 0.132. The van der Waals surface area contributed by atoms with E-state index in [1.54, 1.807) is 29.3 Å². The largest absolute Gasteiger partial charge is 0.488 e. The summed E-state index contributed by atoms with van der Waals surface area (Å²) < 4.78 is 11.4. The first kappa shape index (κ1) is 18.6. The van der Waals surface area contributed by atoms with Gasteiger partial charge in [-0.1, -0.05) is 0 Å². The Morgan fingerprint density at radius 3 is 2.93 bits per heavy atom. The second kappa shape index (κ2) is 8.48. The average Bonchev–Trinajstić information content (AvgIpc) is 2.68. The Morgan fingerprint density at radius 1 is 1.30 bits per heavy atom. The van der Waals surface area contributed by atoms with Gasteiger partial charge in [-0.2, -0.15) is 0 Å². The number of piperidine rings is 1. The van der Waals surface area contributed by atoms with Crippen LogP contribution < -0.4 is 15.2 Å². The lowest BCUT2D eigenvalue weighted by molar-refractivity contribution is 0.0533. The topological polar surface area (TPSA) is 108 Å². The van der Waals surface area contributed by atoms with Crippen LogP contribution in [0.3, 0.4) is 0 Å². The van der Waals surface area contributed by atoms with Gasteiger partial charge in [0.25, 0.3) is 11.8 Å². The van der Waals surface area contributed by atoms with E-state index < -0.39 is 5.91 Å². The molecule has 27 heavy (non-hydrogen) atoms. The normalized spacial score (nSPS) is 16.6. The summed E-state index contributed by atoms with van der Waals surface area (Å²) in [5.74, 6) is 0.107. The smallest absolute Gasteiger partial charge is 0.267 e. The van der Waals surface area contributed by atoms with Crippen LogP contribution in [-0.2, 0) is 0 Å². The number of amides is 2. The molecule has 0 bridgehead atoms. The molecule has 2 amide bonds. The molecule has 3 rings (SSSR count). The van der Waals surface area contributed by atoms with Crippen LogP contribution in [0.5, 0.6) is 11.6 Å². The van der Waals surface area contributed by atoms with Crippen molar-refractivity contribution in [2.45, 2.75) is 25.9 Å². The standard InChI is InChI=1S/C19H22N4O4/c1-2-26-18-15(6-3-8-22-18)19(25)23-10-4-5-14(12-23)27-13-7-9-21-16(11-13)17(20)24/h3,6-9,11,14H,2,4-5,10,12H2,1H3,(H2,20,24). The van der Waals surface area contributed by atoms with Gasteiger partial charge < -0.3 is 20.1 Å². The van der Waals surface area contributed by atoms with Gasteiger partial charge in [-0.25, -0.2) is 4.98 Å². The van der Waals surface area contributed by atoms with Gasteiger partial charge in [0.2, 0.25) is 5.88 Å². The third-order valence-electron chi connectivity index (χ3n) is 4.23. The molecule has 2 aromatic rings. The highest BCUT2D eigenvalue weighted by Gasteiger charge is 2.27. The maximum absolute atomic E-state index is 12.9. The van der Waals surface area contributed by atoms with Crippen molar-refractivity contribution in [2.24, 2.45) is 5.73 Å². The van der Waals surface area contributed by atoms with Crippen LogP contribution in [0, 0.1) is 0 Å². The molecule has 1 saturated heterocycles. The van der Waals surface area contributed by atoms with Crippen molar-refractivity contribution in [1.82, 2.24) is 14.9 Å². The summed E-state index contributed by atoms with van der Waals surface area (Å²) in [6, 6.07) is 6.61. The Hall–Kier alpha value is -3.16. The van der Waals surface area contributed by atoms with Crippen molar-refractivity contribution >= 4 is 11.8 Å². The SMILES string of the molecule is CCOc1ncccc1C(=O)N1CCCC(Oc2ccnc(C(N)=O)c2)C1. The molecule has 3 heterocycles. The van der Waals surface area contributed by atoms with Crippen molar-refractivity contribution in [1.29, 1.82) is 0 Å². The number of aromatic nitrogens is 2. The summed E-state index contributed by atoms with van der Waals surface area (Å²) in [4.78, 5) is 34.0. The number of carbonyl (C=O) groups excluding carboxylic acids is 2. The molecular weight excluding hydrogens is 348 g/mol. The number of hydrogen-bond donors (Lipinski definition) is 1. The monoisotopic (exact) mass is 370 g/mol. The highest BCUT2D eigenvalue weighted by atomic mass is 16.5. The molecule has 0 aliphatic carbocycles. The maximum atomic E-state index is 12.9. The van der Waals surface area contributed by atoms with E-state index in [-0.39, 0.29) is 17.7 Å². The highest BCUT2D eigenvalue weighted by Crippen LogP contribution is 2.22. The minimum Gasteiger partial charge on any atom is -0.488 e. The number of carbonyl (C=O) groups is 2. The molecule has 1 atom stereocenters. The van der Waals surface area contributed by atoms with Gasteiger partial charge in [0.15, 0.2) is 0 Å². The Kier molecular flexibility index (Phi) is 5.85. The summed E-state index contributed by atoms with van der Waals surface area (Å²) in [5, 5.41) is 0. The predicted octanol–water partition coefficient (Wildman–Crippen LogP) is 1.66. The Labute approximate surface area is 157 Å². The summed E-state index contributed by atoms with van der Waals surface area (Å²) >= 11 is 0. The van der Waals surface area contributed by atoms with Gasteiger partial charge in [0.05, 0.1) is 13.2 Å². The quantitative estimate of drug-likeness (QED) is 0.828. The fraction of sp³-hybridized carbons (Fsp3) is 0.368. The molecule has 1 unspecified atom stereocenters. The molecule has 1 aliphatic rings. The first-order valence-electron chi connectivity index (χ1n) is 8.88. The fourth-order valence-corrected chi connectivity index (χ4v) is 3.01. The number of nitrogens with zero attached hydrogens (tertiary/aromatic N) is 3. The van der Waals surface area contributed by atoms with Crippen LogP contribution in [0.2, 0.25) is 0 Å². The fourth-order valence-electron chi connectivity index (χ4n) is 3.01. The number of likely N-dealkylation sites (tertiary alicyclic amines) is 1. The van der Waals surface area contributed by atoms with E-state index in [9.17, 15) is 9.59 Å². The van der Waals surface area contributed by atoms with Crippen molar-refractivity contribution in [3.8, 4) is 11.6 Å². The van der Waals surface area contributed by atoms with Gasteiger partial charge >= 0.3 is 0 Å². The molecule has 0 spiro atoms. The lowest BCUT2D eigenvalue weighted by atomic mass is 10.1. The summed E-state index contributed by atoms with van der Waals surface area (Å²) in [7, 11) is 0. The second-order valence-corrected chi connectivity index (χ2v) is 6.16. The van der Waals surface area contributed by atoms with E-state index in [1.165, 1.54) is 12.3 Å². The summed E-state index contributed by atoms with van der Waals surface area (Å²) in [6.45, 7) is 3.37. The van der Waals surface area contributed by atoms with Crippen LogP contribution in [0.4, 0.5) is 0 Å². The summed E-state index contributed by atoms with van der Waals surface area (Å²) in [5.41, 5.74) is 5.84. The van der Waals surface area contributed by atoms with Gasteiger partial charge in [-0.15, -0.1) is 0 Å². The van der Waals surface area contributed by atoms with Crippen LogP contribution >= 0.6 is 0 Å². The molecular formula is C19H22N4O4. The number of rotatable bonds is 6. The molecule has 142 valence electrons. The molecule has 2 N–H and O–H groups in total. The lowest BCUT2D eigenvalue weighted by Gasteiger charge is -2.33. The van der Waals surface area contributed by atoms with Crippen LogP contribution in [-0.4, -0.2) is 52.5 Å². The zero-order valence-electron chi connectivity index (χ0n) is 15.1. The number of hydrogen-bond acceptors (Lipinski definition) is 6. The maximum Gasteiger partial charge on any atom is 0.267 e. The van der Waals surface area contributed by atoms with Crippen LogP contribution in [0.15, 0.2) is 36.7 Å². The molecule has 8 nitrogen and oxygen atoms in total. The lowest BCUT2D eigenvalue weighted by Crippen LogP contribution is -2.44. The van der Waals surface area contributed by atoms with Crippen molar-refractivity contribution in [3.63, 3.8) is 0 Å². The summed E-state index contributed by atoms with van der Waals surface area (Å²) in [6.07, 6.45) is 4.52. The molecule has 2 aromatic heterocycles.